The Kier molecular flexibility index (Phi) is 3.59. The zero-order chi connectivity index (χ0) is 16.7. The first kappa shape index (κ1) is 15.1. The fourth-order valence-corrected chi connectivity index (χ4v) is 2.89. The number of aryl methyl sites for hydroxylation is 1. The van der Waals surface area contributed by atoms with E-state index in [1.807, 2.05) is 0 Å². The van der Waals surface area contributed by atoms with Crippen molar-refractivity contribution in [2.24, 2.45) is 0 Å². The van der Waals surface area contributed by atoms with E-state index in [-0.39, 0.29) is 29.7 Å². The van der Waals surface area contributed by atoms with Gasteiger partial charge in [-0.25, -0.2) is 9.37 Å². The lowest BCUT2D eigenvalue weighted by Crippen LogP contribution is -2.45. The number of hydrogen-bond acceptors (Lipinski definition) is 5. The Morgan fingerprint density at radius 2 is 2.09 bits per heavy atom. The first-order valence-corrected chi connectivity index (χ1v) is 7.16. The number of piperidine rings is 1. The second-order valence-corrected chi connectivity index (χ2v) is 5.40. The summed E-state index contributed by atoms with van der Waals surface area (Å²) in [6, 6.07) is 1.58. The molecule has 2 heterocycles. The lowest BCUT2D eigenvalue weighted by atomic mass is 10.1. The molecule has 23 heavy (non-hydrogen) atoms. The van der Waals surface area contributed by atoms with Crippen LogP contribution in [0.5, 0.6) is 0 Å². The van der Waals surface area contributed by atoms with Gasteiger partial charge in [0.05, 0.1) is 16.6 Å². The molecule has 1 aromatic carbocycles. The topological polar surface area (TPSA) is 93.1 Å². The van der Waals surface area contributed by atoms with Gasteiger partial charge >= 0.3 is 0 Å². The predicted molar refractivity (Wildman–Crippen MR) is 81.7 cm³/mol. The van der Waals surface area contributed by atoms with Crippen LogP contribution in [0.4, 0.5) is 10.1 Å². The van der Waals surface area contributed by atoms with Crippen molar-refractivity contribution >= 4 is 28.4 Å². The summed E-state index contributed by atoms with van der Waals surface area (Å²) in [4.78, 5) is 40.5. The average Bonchev–Trinajstić information content (AvgIpc) is 2.47. The van der Waals surface area contributed by atoms with Crippen molar-refractivity contribution in [2.75, 3.05) is 12.4 Å². The lowest BCUT2D eigenvalue weighted by molar-refractivity contribution is -0.135. The summed E-state index contributed by atoms with van der Waals surface area (Å²) >= 11 is 0. The molecule has 0 radical (unpaired) electrons. The van der Waals surface area contributed by atoms with Crippen LogP contribution in [-0.2, 0) is 9.59 Å². The molecule has 1 aliphatic rings. The fraction of sp³-hybridized carbons (Fsp3) is 0.333. The third-order valence-electron chi connectivity index (χ3n) is 3.94. The summed E-state index contributed by atoms with van der Waals surface area (Å²) in [5.74, 6) is -1.10. The molecule has 0 aliphatic carbocycles. The van der Waals surface area contributed by atoms with Gasteiger partial charge in [0.2, 0.25) is 11.8 Å². The normalized spacial score (nSPS) is 18.1. The Balaban J connectivity index is 2.26. The molecule has 120 valence electrons. The van der Waals surface area contributed by atoms with Gasteiger partial charge in [-0.05, 0) is 19.4 Å². The summed E-state index contributed by atoms with van der Waals surface area (Å²) in [5.41, 5.74) is 0.0882. The van der Waals surface area contributed by atoms with Crippen LogP contribution in [0.2, 0.25) is 0 Å². The number of amides is 2. The van der Waals surface area contributed by atoms with Crippen molar-refractivity contribution in [3.63, 3.8) is 0 Å². The quantitative estimate of drug-likeness (QED) is 0.801. The zero-order valence-corrected chi connectivity index (χ0v) is 12.6. The van der Waals surface area contributed by atoms with Crippen molar-refractivity contribution in [1.29, 1.82) is 0 Å². The van der Waals surface area contributed by atoms with E-state index < -0.39 is 23.3 Å². The molecule has 2 aromatic rings. The van der Waals surface area contributed by atoms with Crippen LogP contribution >= 0.6 is 0 Å². The van der Waals surface area contributed by atoms with Crippen LogP contribution in [-0.4, -0.2) is 28.4 Å². The van der Waals surface area contributed by atoms with E-state index in [0.717, 1.165) is 0 Å². The smallest absolute Gasteiger partial charge is 0.264 e. The zero-order valence-electron chi connectivity index (χ0n) is 12.6. The van der Waals surface area contributed by atoms with Gasteiger partial charge in [-0.3, -0.25) is 24.3 Å². The van der Waals surface area contributed by atoms with Crippen LogP contribution < -0.4 is 16.2 Å². The van der Waals surface area contributed by atoms with E-state index >= 15 is 0 Å². The first-order valence-electron chi connectivity index (χ1n) is 7.16. The standard InChI is InChI=1S/C15H15FN4O3/c1-7-18-10-6-8(16)5-9(17-2)13(10)15(23)20(7)11-3-4-12(21)19-14(11)22/h5-6,11,17H,3-4H2,1-2H3,(H,19,21,22). The highest BCUT2D eigenvalue weighted by Gasteiger charge is 2.30. The highest BCUT2D eigenvalue weighted by atomic mass is 19.1. The average molecular weight is 318 g/mol. The van der Waals surface area contributed by atoms with Crippen molar-refractivity contribution in [3.05, 3.63) is 34.1 Å². The molecule has 7 nitrogen and oxygen atoms in total. The van der Waals surface area contributed by atoms with Gasteiger partial charge in [-0.1, -0.05) is 0 Å². The van der Waals surface area contributed by atoms with Crippen molar-refractivity contribution in [1.82, 2.24) is 14.9 Å². The molecule has 1 saturated heterocycles. The highest BCUT2D eigenvalue weighted by Crippen LogP contribution is 2.24. The molecule has 1 aliphatic heterocycles. The molecule has 0 bridgehead atoms. The number of nitrogens with zero attached hydrogens (tertiary/aromatic N) is 2. The molecular formula is C15H15FN4O3. The van der Waals surface area contributed by atoms with Crippen molar-refractivity contribution < 1.29 is 14.0 Å². The van der Waals surface area contributed by atoms with Crippen LogP contribution in [0, 0.1) is 12.7 Å². The largest absolute Gasteiger partial charge is 0.387 e. The summed E-state index contributed by atoms with van der Waals surface area (Å²) < 4.78 is 14.9. The molecule has 1 fully saturated rings. The number of anilines is 1. The minimum atomic E-state index is -0.799. The lowest BCUT2D eigenvalue weighted by Gasteiger charge is -2.24. The highest BCUT2D eigenvalue weighted by molar-refractivity contribution is 5.99. The number of rotatable bonds is 2. The second kappa shape index (κ2) is 5.45. The molecular weight excluding hydrogens is 303 g/mol. The maximum Gasteiger partial charge on any atom is 0.264 e. The van der Waals surface area contributed by atoms with Crippen LogP contribution in [0.25, 0.3) is 10.9 Å². The molecule has 2 amide bonds. The van der Waals surface area contributed by atoms with E-state index in [0.29, 0.717) is 11.5 Å². The summed E-state index contributed by atoms with van der Waals surface area (Å²) in [5, 5.41) is 5.21. The van der Waals surface area contributed by atoms with Gasteiger partial charge in [-0.15, -0.1) is 0 Å². The molecule has 2 N–H and O–H groups in total. The number of benzene rings is 1. The van der Waals surface area contributed by atoms with E-state index in [4.69, 9.17) is 0 Å². The van der Waals surface area contributed by atoms with Gasteiger partial charge in [0, 0.05) is 19.5 Å². The minimum absolute atomic E-state index is 0.155. The number of hydrogen-bond donors (Lipinski definition) is 2. The first-order chi connectivity index (χ1) is 10.9. The Morgan fingerprint density at radius 1 is 1.35 bits per heavy atom. The van der Waals surface area contributed by atoms with Crippen LogP contribution in [0.3, 0.4) is 0 Å². The Hall–Kier alpha value is -2.77. The Labute approximate surface area is 130 Å². The minimum Gasteiger partial charge on any atom is -0.387 e. The van der Waals surface area contributed by atoms with Gasteiger partial charge in [0.15, 0.2) is 0 Å². The Morgan fingerprint density at radius 3 is 2.74 bits per heavy atom. The van der Waals surface area contributed by atoms with Gasteiger partial charge in [0.1, 0.15) is 17.7 Å². The van der Waals surface area contributed by atoms with E-state index in [2.05, 4.69) is 15.6 Å². The number of halogens is 1. The molecule has 0 spiro atoms. The second-order valence-electron chi connectivity index (χ2n) is 5.40. The van der Waals surface area contributed by atoms with Crippen LogP contribution in [0.1, 0.15) is 24.7 Å². The number of carbonyl (C=O) groups excluding carboxylic acids is 2. The number of fused-ring (bicyclic) bond motifs is 1. The summed E-state index contributed by atoms with van der Waals surface area (Å²) in [6.07, 6.45) is 0.386. The number of imide groups is 1. The number of nitrogens with one attached hydrogen (secondary N) is 2. The van der Waals surface area contributed by atoms with E-state index in [9.17, 15) is 18.8 Å². The molecule has 0 saturated carbocycles. The maximum atomic E-state index is 13.6. The van der Waals surface area contributed by atoms with Gasteiger partial charge in [0.25, 0.3) is 5.56 Å². The molecule has 1 aromatic heterocycles. The van der Waals surface area contributed by atoms with Crippen molar-refractivity contribution in [2.45, 2.75) is 25.8 Å². The number of aromatic nitrogens is 2. The SMILES string of the molecule is CNc1cc(F)cc2nc(C)n(C3CCC(=O)NC3=O)c(=O)c12. The molecule has 1 atom stereocenters. The third kappa shape index (κ3) is 2.45. The molecule has 8 heteroatoms. The van der Waals surface area contributed by atoms with Crippen LogP contribution in [0.15, 0.2) is 16.9 Å². The maximum absolute atomic E-state index is 13.6. The van der Waals surface area contributed by atoms with Gasteiger partial charge < -0.3 is 5.32 Å². The summed E-state index contributed by atoms with van der Waals surface area (Å²) in [6.45, 7) is 1.58. The predicted octanol–water partition coefficient (Wildman–Crippen LogP) is 0.863. The third-order valence-corrected chi connectivity index (χ3v) is 3.94. The number of carbonyl (C=O) groups is 2. The van der Waals surface area contributed by atoms with Gasteiger partial charge in [-0.2, -0.15) is 0 Å². The van der Waals surface area contributed by atoms with E-state index in [1.54, 1.807) is 14.0 Å². The molecule has 3 rings (SSSR count). The van der Waals surface area contributed by atoms with Crippen molar-refractivity contribution in [3.8, 4) is 0 Å². The monoisotopic (exact) mass is 318 g/mol. The molecule has 1 unspecified atom stereocenters. The van der Waals surface area contributed by atoms with E-state index in [1.165, 1.54) is 16.7 Å². The summed E-state index contributed by atoms with van der Waals surface area (Å²) in [7, 11) is 1.57. The Bertz CT molecular complexity index is 890. The fourth-order valence-electron chi connectivity index (χ4n) is 2.89.